The van der Waals surface area contributed by atoms with E-state index in [2.05, 4.69) is 11.4 Å². The molecule has 0 saturated carbocycles. The van der Waals surface area contributed by atoms with E-state index >= 15 is 0 Å². The van der Waals surface area contributed by atoms with Gasteiger partial charge in [-0.2, -0.15) is 5.26 Å². The monoisotopic (exact) mass is 242 g/mol. The second-order valence-electron chi connectivity index (χ2n) is 3.98. The van der Waals surface area contributed by atoms with Gasteiger partial charge in [0.2, 0.25) is 0 Å². The molecule has 0 aromatic heterocycles. The Balaban J connectivity index is 2.67. The Bertz CT molecular complexity index is 394. The number of nitriles is 1. The van der Waals surface area contributed by atoms with E-state index in [1.807, 2.05) is 19.9 Å². The van der Waals surface area contributed by atoms with Crippen LogP contribution in [0.25, 0.3) is 0 Å². The van der Waals surface area contributed by atoms with Crippen molar-refractivity contribution in [2.75, 3.05) is 11.9 Å². The molecule has 0 aliphatic heterocycles. The number of hydrogen-bond donors (Lipinski definition) is 1. The first kappa shape index (κ1) is 12.2. The third-order valence-electron chi connectivity index (χ3n) is 1.96. The van der Waals surface area contributed by atoms with Gasteiger partial charge in [-0.1, -0.05) is 23.2 Å². The van der Waals surface area contributed by atoms with Crippen molar-refractivity contribution in [3.63, 3.8) is 0 Å². The summed E-state index contributed by atoms with van der Waals surface area (Å²) < 4.78 is 0. The van der Waals surface area contributed by atoms with Gasteiger partial charge in [0.25, 0.3) is 0 Å². The Hall–Kier alpha value is -0.910. The van der Waals surface area contributed by atoms with Crippen molar-refractivity contribution >= 4 is 28.9 Å². The molecule has 1 aromatic carbocycles. The zero-order valence-electron chi connectivity index (χ0n) is 8.64. The summed E-state index contributed by atoms with van der Waals surface area (Å²) in [6.45, 7) is 4.32. The molecule has 1 rings (SSSR count). The van der Waals surface area contributed by atoms with E-state index in [9.17, 15) is 0 Å². The Labute approximate surface area is 99.8 Å². The summed E-state index contributed by atoms with van der Waals surface area (Å²) in [5.74, 6) is 0. The molecule has 0 fully saturated rings. The number of benzene rings is 1. The van der Waals surface area contributed by atoms with E-state index in [1.54, 1.807) is 12.1 Å². The molecular formula is C11H12Cl2N2. The van der Waals surface area contributed by atoms with Gasteiger partial charge in [-0.3, -0.25) is 0 Å². The predicted octanol–water partition coefficient (Wildman–Crippen LogP) is 3.96. The van der Waals surface area contributed by atoms with Crippen molar-refractivity contribution in [1.29, 1.82) is 5.26 Å². The molecular weight excluding hydrogens is 231 g/mol. The highest BCUT2D eigenvalue weighted by Crippen LogP contribution is 2.25. The van der Waals surface area contributed by atoms with Crippen LogP contribution in [0.15, 0.2) is 18.2 Å². The predicted molar refractivity (Wildman–Crippen MR) is 64.3 cm³/mol. The summed E-state index contributed by atoms with van der Waals surface area (Å²) in [6, 6.07) is 7.53. The van der Waals surface area contributed by atoms with Crippen molar-refractivity contribution in [3.05, 3.63) is 28.2 Å². The summed E-state index contributed by atoms with van der Waals surface area (Å²) in [5, 5.41) is 13.0. The van der Waals surface area contributed by atoms with Gasteiger partial charge in [0.1, 0.15) is 0 Å². The fourth-order valence-corrected chi connectivity index (χ4v) is 1.27. The minimum Gasteiger partial charge on any atom is -0.383 e. The fourth-order valence-electron chi connectivity index (χ4n) is 0.969. The average Bonchev–Trinajstić information content (AvgIpc) is 2.20. The molecule has 0 aliphatic carbocycles. The molecule has 80 valence electrons. The Morgan fingerprint density at radius 3 is 2.53 bits per heavy atom. The van der Waals surface area contributed by atoms with Crippen LogP contribution in [-0.4, -0.2) is 6.54 Å². The Kier molecular flexibility index (Phi) is 3.84. The van der Waals surface area contributed by atoms with Gasteiger partial charge < -0.3 is 5.32 Å². The van der Waals surface area contributed by atoms with Crippen LogP contribution < -0.4 is 5.32 Å². The van der Waals surface area contributed by atoms with Crippen molar-refractivity contribution in [3.8, 4) is 6.07 Å². The van der Waals surface area contributed by atoms with Crippen LogP contribution >= 0.6 is 23.2 Å². The smallest absolute Gasteiger partial charge is 0.0702 e. The van der Waals surface area contributed by atoms with Crippen LogP contribution in [0.2, 0.25) is 10.0 Å². The number of rotatable bonds is 3. The topological polar surface area (TPSA) is 35.8 Å². The molecule has 0 radical (unpaired) electrons. The minimum absolute atomic E-state index is 0.397. The van der Waals surface area contributed by atoms with E-state index in [-0.39, 0.29) is 0 Å². The fraction of sp³-hybridized carbons (Fsp3) is 0.364. The van der Waals surface area contributed by atoms with Crippen LogP contribution in [0, 0.1) is 16.7 Å². The maximum Gasteiger partial charge on any atom is 0.0702 e. The molecule has 15 heavy (non-hydrogen) atoms. The summed E-state index contributed by atoms with van der Waals surface area (Å²) in [6.07, 6.45) is 0. The van der Waals surface area contributed by atoms with Crippen LogP contribution in [0.3, 0.4) is 0 Å². The van der Waals surface area contributed by atoms with E-state index in [0.29, 0.717) is 16.6 Å². The van der Waals surface area contributed by atoms with Gasteiger partial charge in [0.05, 0.1) is 21.5 Å². The van der Waals surface area contributed by atoms with E-state index in [4.69, 9.17) is 28.5 Å². The molecule has 0 aliphatic rings. The van der Waals surface area contributed by atoms with Crippen molar-refractivity contribution in [2.24, 2.45) is 5.41 Å². The van der Waals surface area contributed by atoms with E-state index < -0.39 is 5.41 Å². The highest BCUT2D eigenvalue weighted by molar-refractivity contribution is 6.42. The summed E-state index contributed by atoms with van der Waals surface area (Å²) in [5.41, 5.74) is 0.472. The lowest BCUT2D eigenvalue weighted by Crippen LogP contribution is -2.20. The average molecular weight is 243 g/mol. The summed E-state index contributed by atoms with van der Waals surface area (Å²) in [4.78, 5) is 0. The molecule has 2 nitrogen and oxygen atoms in total. The van der Waals surface area contributed by atoms with Crippen LogP contribution in [0.1, 0.15) is 13.8 Å². The molecule has 1 aromatic rings. The molecule has 0 heterocycles. The number of anilines is 1. The second-order valence-corrected chi connectivity index (χ2v) is 4.79. The third kappa shape index (κ3) is 3.62. The first-order valence-electron chi connectivity index (χ1n) is 4.55. The maximum absolute atomic E-state index is 8.83. The van der Waals surface area contributed by atoms with Crippen molar-refractivity contribution in [2.45, 2.75) is 13.8 Å². The van der Waals surface area contributed by atoms with Gasteiger partial charge >= 0.3 is 0 Å². The zero-order valence-corrected chi connectivity index (χ0v) is 10.2. The first-order chi connectivity index (χ1) is 6.94. The second kappa shape index (κ2) is 4.74. The lowest BCUT2D eigenvalue weighted by molar-refractivity contribution is 0.529. The Morgan fingerprint density at radius 2 is 2.00 bits per heavy atom. The van der Waals surface area contributed by atoms with Gasteiger partial charge in [-0.25, -0.2) is 0 Å². The maximum atomic E-state index is 8.83. The van der Waals surface area contributed by atoms with Gasteiger partial charge in [-0.05, 0) is 32.0 Å². The standard InChI is InChI=1S/C11H12Cl2N2/c1-11(2,6-14)7-15-8-3-4-9(12)10(13)5-8/h3-5,15H,7H2,1-2H3. The summed E-state index contributed by atoms with van der Waals surface area (Å²) in [7, 11) is 0. The van der Waals surface area contributed by atoms with Crippen LogP contribution in [0.5, 0.6) is 0 Å². The lowest BCUT2D eigenvalue weighted by Gasteiger charge is -2.16. The van der Waals surface area contributed by atoms with E-state index in [1.165, 1.54) is 0 Å². The number of nitrogens with zero attached hydrogens (tertiary/aromatic N) is 1. The number of halogens is 2. The van der Waals surface area contributed by atoms with Gasteiger partial charge in [-0.15, -0.1) is 0 Å². The molecule has 0 saturated heterocycles. The molecule has 0 unspecified atom stereocenters. The zero-order chi connectivity index (χ0) is 11.5. The summed E-state index contributed by atoms with van der Waals surface area (Å²) >= 11 is 11.6. The highest BCUT2D eigenvalue weighted by atomic mass is 35.5. The van der Waals surface area contributed by atoms with Crippen LogP contribution in [-0.2, 0) is 0 Å². The molecule has 1 N–H and O–H groups in total. The molecule has 0 bridgehead atoms. The van der Waals surface area contributed by atoms with Crippen LogP contribution in [0.4, 0.5) is 5.69 Å². The molecule has 0 spiro atoms. The quantitative estimate of drug-likeness (QED) is 0.872. The largest absolute Gasteiger partial charge is 0.383 e. The van der Waals surface area contributed by atoms with Crippen molar-refractivity contribution < 1.29 is 0 Å². The third-order valence-corrected chi connectivity index (χ3v) is 2.70. The molecule has 0 amide bonds. The number of nitrogens with one attached hydrogen (secondary N) is 1. The number of hydrogen-bond acceptors (Lipinski definition) is 2. The SMILES string of the molecule is CC(C)(C#N)CNc1ccc(Cl)c(Cl)c1. The van der Waals surface area contributed by atoms with Gasteiger partial charge in [0, 0.05) is 12.2 Å². The molecule has 4 heteroatoms. The highest BCUT2D eigenvalue weighted by Gasteiger charge is 2.15. The Morgan fingerprint density at radius 1 is 1.33 bits per heavy atom. The van der Waals surface area contributed by atoms with Gasteiger partial charge in [0.15, 0.2) is 0 Å². The lowest BCUT2D eigenvalue weighted by atomic mass is 9.96. The minimum atomic E-state index is -0.397. The normalized spacial score (nSPS) is 10.9. The van der Waals surface area contributed by atoms with Crippen molar-refractivity contribution in [1.82, 2.24) is 0 Å². The molecule has 0 atom stereocenters. The van der Waals surface area contributed by atoms with E-state index in [0.717, 1.165) is 5.69 Å². The first-order valence-corrected chi connectivity index (χ1v) is 5.30.